The molecule has 32 heavy (non-hydrogen) atoms. The summed E-state index contributed by atoms with van der Waals surface area (Å²) in [7, 11) is -3.95. The smallest absolute Gasteiger partial charge is 0.329 e. The molecule has 2 aromatic carbocycles. The summed E-state index contributed by atoms with van der Waals surface area (Å²) in [5.41, 5.74) is -0.613. The van der Waals surface area contributed by atoms with Crippen LogP contribution in [-0.2, 0) is 28.9 Å². The molecule has 0 amide bonds. The van der Waals surface area contributed by atoms with Crippen molar-refractivity contribution in [2.75, 3.05) is 10.1 Å². The van der Waals surface area contributed by atoms with Crippen LogP contribution >= 0.6 is 0 Å². The van der Waals surface area contributed by atoms with Gasteiger partial charge in [-0.05, 0) is 30.7 Å². The van der Waals surface area contributed by atoms with Gasteiger partial charge in [-0.2, -0.15) is 31.3 Å². The second kappa shape index (κ2) is 8.45. The van der Waals surface area contributed by atoms with Gasteiger partial charge in [0.1, 0.15) is 0 Å². The van der Waals surface area contributed by atoms with Crippen molar-refractivity contribution in [3.05, 3.63) is 65.5 Å². The van der Waals surface area contributed by atoms with Crippen LogP contribution in [0.1, 0.15) is 23.9 Å². The number of nitrogens with zero attached hydrogens (tertiary/aromatic N) is 3. The molecule has 3 aromatic rings. The van der Waals surface area contributed by atoms with E-state index in [4.69, 9.17) is 0 Å². The van der Waals surface area contributed by atoms with E-state index in [0.717, 1.165) is 22.5 Å². The van der Waals surface area contributed by atoms with Crippen molar-refractivity contribution < 1.29 is 39.3 Å². The molecule has 1 heterocycles. The van der Waals surface area contributed by atoms with Gasteiger partial charge >= 0.3 is 18.2 Å². The number of aromatic nitrogens is 2. The Morgan fingerprint density at radius 1 is 0.969 bits per heavy atom. The van der Waals surface area contributed by atoms with Crippen LogP contribution in [-0.4, -0.2) is 24.3 Å². The first-order valence-electron chi connectivity index (χ1n) is 8.99. The molecule has 6 nitrogen and oxygen atoms in total. The summed E-state index contributed by atoms with van der Waals surface area (Å²) in [5, 5.41) is 3.26. The third-order valence-electron chi connectivity index (χ3n) is 4.37. The summed E-state index contributed by atoms with van der Waals surface area (Å²) >= 11 is 0. The lowest BCUT2D eigenvalue weighted by Crippen LogP contribution is -2.32. The van der Waals surface area contributed by atoms with E-state index in [1.54, 1.807) is 0 Å². The monoisotopic (exact) mass is 479 g/mol. The van der Waals surface area contributed by atoms with Crippen molar-refractivity contribution in [2.45, 2.75) is 25.8 Å². The van der Waals surface area contributed by atoms with Gasteiger partial charge in [0.25, 0.3) is 0 Å². The number of hydrogen-bond donors (Lipinski definition) is 0. The number of rotatable bonds is 6. The Morgan fingerprint density at radius 2 is 1.62 bits per heavy atom. The molecular formula is C19H15F6N3O3S. The lowest BCUT2D eigenvalue weighted by atomic mass is 10.1. The Morgan fingerprint density at radius 3 is 2.16 bits per heavy atom. The maximum Gasteiger partial charge on any atom is 0.471 e. The number of hydrogen-bond acceptors (Lipinski definition) is 5. The van der Waals surface area contributed by atoms with E-state index in [9.17, 15) is 34.8 Å². The number of anilines is 1. The number of sulfonamides is 1. The molecule has 0 N–H and O–H groups in total. The molecule has 0 radical (unpaired) electrons. The average molecular weight is 479 g/mol. The highest BCUT2D eigenvalue weighted by atomic mass is 32.2. The Kier molecular flexibility index (Phi) is 6.22. The summed E-state index contributed by atoms with van der Waals surface area (Å²) in [6, 6.07) is 9.43. The quantitative estimate of drug-likeness (QED) is 0.458. The van der Waals surface area contributed by atoms with Crippen LogP contribution in [0, 0.1) is 0 Å². The molecule has 0 aliphatic heterocycles. The van der Waals surface area contributed by atoms with Crippen molar-refractivity contribution in [3.63, 3.8) is 0 Å². The lowest BCUT2D eigenvalue weighted by Gasteiger charge is -2.25. The van der Waals surface area contributed by atoms with Gasteiger partial charge < -0.3 is 4.52 Å². The van der Waals surface area contributed by atoms with Crippen molar-refractivity contribution in [1.82, 2.24) is 10.1 Å². The van der Waals surface area contributed by atoms with Crippen LogP contribution in [0.3, 0.4) is 0 Å². The second-order valence-corrected chi connectivity index (χ2v) is 8.76. The predicted octanol–water partition coefficient (Wildman–Crippen LogP) is 5.13. The molecule has 0 saturated carbocycles. The maximum atomic E-state index is 13.1. The first kappa shape index (κ1) is 23.6. The molecule has 0 unspecified atom stereocenters. The molecule has 0 bridgehead atoms. The second-order valence-electron chi connectivity index (χ2n) is 6.57. The van der Waals surface area contributed by atoms with E-state index in [0.29, 0.717) is 5.56 Å². The van der Waals surface area contributed by atoms with Crippen molar-refractivity contribution in [2.24, 2.45) is 0 Å². The lowest BCUT2D eigenvalue weighted by molar-refractivity contribution is -0.159. The average Bonchev–Trinajstić information content (AvgIpc) is 3.23. The Hall–Kier alpha value is -3.09. The van der Waals surface area contributed by atoms with Crippen LogP contribution in [0.25, 0.3) is 11.4 Å². The molecule has 0 aliphatic carbocycles. The molecule has 0 spiro atoms. The van der Waals surface area contributed by atoms with Gasteiger partial charge in [0.05, 0.1) is 23.5 Å². The summed E-state index contributed by atoms with van der Waals surface area (Å²) < 4.78 is 107. The third-order valence-corrected chi connectivity index (χ3v) is 6.11. The summed E-state index contributed by atoms with van der Waals surface area (Å²) in [6.07, 6.45) is -9.45. The minimum atomic E-state index is -4.80. The normalized spacial score (nSPS) is 12.7. The fourth-order valence-electron chi connectivity index (χ4n) is 2.72. The van der Waals surface area contributed by atoms with E-state index >= 15 is 0 Å². The van der Waals surface area contributed by atoms with Crippen LogP contribution in [0.5, 0.6) is 0 Å². The largest absolute Gasteiger partial charge is 0.471 e. The van der Waals surface area contributed by atoms with Gasteiger partial charge in [0.15, 0.2) is 0 Å². The Labute approximate surface area is 178 Å². The van der Waals surface area contributed by atoms with Crippen molar-refractivity contribution in [3.8, 4) is 11.4 Å². The zero-order valence-corrected chi connectivity index (χ0v) is 17.1. The van der Waals surface area contributed by atoms with Crippen molar-refractivity contribution in [1.29, 1.82) is 0 Å². The summed E-state index contributed by atoms with van der Waals surface area (Å²) in [6.45, 7) is 1.06. The van der Waals surface area contributed by atoms with Crippen molar-refractivity contribution >= 4 is 15.7 Å². The fourth-order valence-corrected chi connectivity index (χ4v) is 3.82. The number of alkyl halides is 6. The van der Waals surface area contributed by atoms with Crippen LogP contribution in [0.15, 0.2) is 53.1 Å². The van der Waals surface area contributed by atoms with E-state index in [-0.39, 0.29) is 29.4 Å². The minimum Gasteiger partial charge on any atom is -0.329 e. The third kappa shape index (κ3) is 5.21. The van der Waals surface area contributed by atoms with Gasteiger partial charge in [-0.3, -0.25) is 4.31 Å². The minimum absolute atomic E-state index is 0.168. The highest BCUT2D eigenvalue weighted by Crippen LogP contribution is 2.33. The van der Waals surface area contributed by atoms with E-state index in [1.807, 2.05) is 0 Å². The number of halogens is 6. The zero-order valence-electron chi connectivity index (χ0n) is 16.3. The van der Waals surface area contributed by atoms with Gasteiger partial charge in [-0.1, -0.05) is 35.5 Å². The zero-order chi connectivity index (χ0) is 23.7. The van der Waals surface area contributed by atoms with E-state index in [1.165, 1.54) is 37.3 Å². The van der Waals surface area contributed by atoms with Crippen LogP contribution < -0.4 is 4.31 Å². The Bertz CT molecular complexity index is 1190. The molecule has 1 aromatic heterocycles. The van der Waals surface area contributed by atoms with Crippen LogP contribution in [0.4, 0.5) is 32.0 Å². The van der Waals surface area contributed by atoms with E-state index < -0.39 is 33.8 Å². The van der Waals surface area contributed by atoms with Gasteiger partial charge in [-0.25, -0.2) is 8.42 Å². The topological polar surface area (TPSA) is 76.3 Å². The highest BCUT2D eigenvalue weighted by Gasteiger charge is 2.38. The summed E-state index contributed by atoms with van der Waals surface area (Å²) in [4.78, 5) is 3.26. The predicted molar refractivity (Wildman–Crippen MR) is 102 cm³/mol. The molecule has 3 rings (SSSR count). The van der Waals surface area contributed by atoms with Gasteiger partial charge in [-0.15, -0.1) is 0 Å². The van der Waals surface area contributed by atoms with Gasteiger partial charge in [0, 0.05) is 5.56 Å². The molecule has 0 aliphatic rings. The molecule has 172 valence electrons. The first-order valence-corrected chi connectivity index (χ1v) is 10.6. The molecule has 13 heteroatoms. The SMILES string of the molecule is CCS(=O)(=O)N(Cc1ccc(-c2noc(C(F)(F)F)n2)cc1)c1cccc(C(F)(F)F)c1. The molecule has 0 fully saturated rings. The van der Waals surface area contributed by atoms with Crippen LogP contribution in [0.2, 0.25) is 0 Å². The molecule has 0 atom stereocenters. The standard InChI is InChI=1S/C19H15F6N3O3S/c1-2-32(29,30)28(15-5-3-4-14(10-15)18(20,21)22)11-12-6-8-13(9-7-12)16-26-17(31-27-16)19(23,24)25/h3-10H,2,11H2,1H3. The van der Waals surface area contributed by atoms with E-state index in [2.05, 4.69) is 14.7 Å². The van der Waals surface area contributed by atoms with Gasteiger partial charge in [0.2, 0.25) is 15.8 Å². The fraction of sp³-hybridized carbons (Fsp3) is 0.263. The highest BCUT2D eigenvalue weighted by molar-refractivity contribution is 7.92. The maximum absolute atomic E-state index is 13.1. The molecular weight excluding hydrogens is 464 g/mol. The first-order chi connectivity index (χ1) is 14.8. The Balaban J connectivity index is 1.90. The summed E-state index contributed by atoms with van der Waals surface area (Å²) in [5.74, 6) is -2.19. The number of benzene rings is 2. The molecule has 0 saturated heterocycles.